The quantitative estimate of drug-likeness (QED) is 0.424. The number of anilines is 1. The molecule has 4 aromatic rings. The van der Waals surface area contributed by atoms with E-state index < -0.39 is 0 Å². The van der Waals surface area contributed by atoms with Gasteiger partial charge in [-0.15, -0.1) is 0 Å². The highest BCUT2D eigenvalue weighted by atomic mass is 35.5. The minimum Gasteiger partial charge on any atom is -0.484 e. The molecule has 4 rings (SSSR count). The van der Waals surface area contributed by atoms with E-state index in [1.807, 2.05) is 44.2 Å². The lowest BCUT2D eigenvalue weighted by atomic mass is 10.1. The van der Waals surface area contributed by atoms with E-state index in [0.29, 0.717) is 22.4 Å². The molecule has 1 N–H and O–H groups in total. The number of nitrogens with zero attached hydrogens (tertiary/aromatic N) is 1. The van der Waals surface area contributed by atoms with Crippen molar-refractivity contribution in [3.8, 4) is 17.2 Å². The molecule has 0 bridgehead atoms. The molecule has 1 aromatic heterocycles. The minimum absolute atomic E-state index is 0.104. The van der Waals surface area contributed by atoms with Gasteiger partial charge in [0, 0.05) is 16.3 Å². The second kappa shape index (κ2) is 8.20. The van der Waals surface area contributed by atoms with Crippen LogP contribution in [0.25, 0.3) is 22.6 Å². The van der Waals surface area contributed by atoms with Crippen molar-refractivity contribution in [2.75, 3.05) is 11.9 Å². The number of fused-ring (bicyclic) bond motifs is 1. The van der Waals surface area contributed by atoms with E-state index in [1.54, 1.807) is 24.3 Å². The molecule has 0 spiro atoms. The van der Waals surface area contributed by atoms with E-state index in [2.05, 4.69) is 17.2 Å². The van der Waals surface area contributed by atoms with Gasteiger partial charge in [-0.2, -0.15) is 0 Å². The summed E-state index contributed by atoms with van der Waals surface area (Å²) in [6, 6.07) is 16.5. The highest BCUT2D eigenvalue weighted by molar-refractivity contribution is 6.30. The van der Waals surface area contributed by atoms with E-state index in [1.165, 1.54) is 5.56 Å². The first-order valence-electron chi connectivity index (χ1n) is 9.57. The number of carbonyl (C=O) groups excluding carboxylic acids is 1. The monoisotopic (exact) mass is 420 g/mol. The maximum absolute atomic E-state index is 12.4. The number of aryl methyl sites for hydroxylation is 2. The molecule has 1 amide bonds. The molecule has 30 heavy (non-hydrogen) atoms. The molecule has 152 valence electrons. The van der Waals surface area contributed by atoms with Gasteiger partial charge in [-0.3, -0.25) is 4.79 Å². The van der Waals surface area contributed by atoms with Crippen LogP contribution in [0.3, 0.4) is 0 Å². The van der Waals surface area contributed by atoms with Crippen LogP contribution in [0.2, 0.25) is 5.02 Å². The first-order valence-corrected chi connectivity index (χ1v) is 9.94. The molecule has 0 aliphatic rings. The van der Waals surface area contributed by atoms with Gasteiger partial charge >= 0.3 is 0 Å². The lowest BCUT2D eigenvalue weighted by Crippen LogP contribution is -2.20. The molecular formula is C24H21ClN2O3. The molecule has 6 heteroatoms. The Labute approximate surface area is 179 Å². The zero-order chi connectivity index (χ0) is 21.3. The van der Waals surface area contributed by atoms with Crippen molar-refractivity contribution in [3.63, 3.8) is 0 Å². The number of carbonyl (C=O) groups is 1. The van der Waals surface area contributed by atoms with Crippen molar-refractivity contribution >= 4 is 34.3 Å². The summed E-state index contributed by atoms with van der Waals surface area (Å²) in [5, 5.41) is 3.51. The molecule has 0 aliphatic carbocycles. The summed E-state index contributed by atoms with van der Waals surface area (Å²) in [5.74, 6) is 0.854. The van der Waals surface area contributed by atoms with Gasteiger partial charge in [-0.05, 0) is 86.0 Å². The number of nitrogens with one attached hydrogen (secondary N) is 1. The minimum atomic E-state index is -0.256. The maximum atomic E-state index is 12.4. The summed E-state index contributed by atoms with van der Waals surface area (Å²) >= 11 is 5.86. The summed E-state index contributed by atoms with van der Waals surface area (Å²) in [4.78, 5) is 17.0. The van der Waals surface area contributed by atoms with Crippen molar-refractivity contribution in [1.82, 2.24) is 4.98 Å². The van der Waals surface area contributed by atoms with Crippen molar-refractivity contribution in [1.29, 1.82) is 0 Å². The number of rotatable bonds is 5. The first kappa shape index (κ1) is 20.0. The standard InChI is InChI=1S/C24H21ClN2O3/c1-14-11-21-22(12-15(14)2)30-24(27-21)19-5-4-6-20(16(19)3)26-23(28)13-29-18-9-7-17(25)8-10-18/h4-12H,13H2,1-3H3,(H,26,28). The number of ether oxygens (including phenoxy) is 1. The molecule has 0 aliphatic heterocycles. The van der Waals surface area contributed by atoms with Gasteiger partial charge < -0.3 is 14.5 Å². The van der Waals surface area contributed by atoms with Gasteiger partial charge in [-0.1, -0.05) is 17.7 Å². The van der Waals surface area contributed by atoms with Crippen LogP contribution in [0.1, 0.15) is 16.7 Å². The fraction of sp³-hybridized carbons (Fsp3) is 0.167. The zero-order valence-electron chi connectivity index (χ0n) is 17.0. The molecule has 1 heterocycles. The number of oxazole rings is 1. The summed E-state index contributed by atoms with van der Waals surface area (Å²) in [5.41, 5.74) is 6.28. The van der Waals surface area contributed by atoms with E-state index in [-0.39, 0.29) is 12.5 Å². The van der Waals surface area contributed by atoms with Crippen LogP contribution >= 0.6 is 11.6 Å². The Bertz CT molecular complexity index is 1190. The normalized spacial score (nSPS) is 10.9. The SMILES string of the molecule is Cc1cc2nc(-c3cccc(NC(=O)COc4ccc(Cl)cc4)c3C)oc2cc1C. The molecule has 0 atom stereocenters. The maximum Gasteiger partial charge on any atom is 0.262 e. The van der Waals surface area contributed by atoms with Gasteiger partial charge in [0.25, 0.3) is 5.91 Å². The predicted molar refractivity (Wildman–Crippen MR) is 119 cm³/mol. The van der Waals surface area contributed by atoms with Gasteiger partial charge in [0.05, 0.1) is 0 Å². The van der Waals surface area contributed by atoms with Crippen LogP contribution in [0.4, 0.5) is 5.69 Å². The molecule has 0 saturated carbocycles. The second-order valence-electron chi connectivity index (χ2n) is 7.19. The molecule has 0 unspecified atom stereocenters. The molecule has 5 nitrogen and oxygen atoms in total. The smallest absolute Gasteiger partial charge is 0.262 e. The number of halogens is 1. The Morgan fingerprint density at radius 2 is 1.80 bits per heavy atom. The lowest BCUT2D eigenvalue weighted by Gasteiger charge is -2.11. The summed E-state index contributed by atoms with van der Waals surface area (Å²) < 4.78 is 11.5. The Kier molecular flexibility index (Phi) is 5.46. The summed E-state index contributed by atoms with van der Waals surface area (Å²) in [6.07, 6.45) is 0. The Morgan fingerprint density at radius 1 is 1.07 bits per heavy atom. The number of hydrogen-bond acceptors (Lipinski definition) is 4. The molecule has 0 radical (unpaired) electrons. The van der Waals surface area contributed by atoms with Crippen molar-refractivity contribution in [2.24, 2.45) is 0 Å². The van der Waals surface area contributed by atoms with E-state index in [0.717, 1.165) is 27.8 Å². The highest BCUT2D eigenvalue weighted by Gasteiger charge is 2.15. The third kappa shape index (κ3) is 4.16. The third-order valence-corrected chi connectivity index (χ3v) is 5.28. The topological polar surface area (TPSA) is 64.4 Å². The largest absolute Gasteiger partial charge is 0.484 e. The van der Waals surface area contributed by atoms with E-state index in [9.17, 15) is 4.79 Å². The highest BCUT2D eigenvalue weighted by Crippen LogP contribution is 2.31. The van der Waals surface area contributed by atoms with Crippen molar-refractivity contribution in [2.45, 2.75) is 20.8 Å². The van der Waals surface area contributed by atoms with Gasteiger partial charge in [-0.25, -0.2) is 4.98 Å². The van der Waals surface area contributed by atoms with Crippen LogP contribution in [-0.4, -0.2) is 17.5 Å². The van der Waals surface area contributed by atoms with Crippen LogP contribution in [0.15, 0.2) is 59.0 Å². The van der Waals surface area contributed by atoms with E-state index >= 15 is 0 Å². The van der Waals surface area contributed by atoms with Crippen LogP contribution in [0, 0.1) is 20.8 Å². The molecular weight excluding hydrogens is 400 g/mol. The molecule has 0 fully saturated rings. The van der Waals surface area contributed by atoms with Crippen molar-refractivity contribution < 1.29 is 13.9 Å². The van der Waals surface area contributed by atoms with Gasteiger partial charge in [0.2, 0.25) is 5.89 Å². The molecule has 0 saturated heterocycles. The third-order valence-electron chi connectivity index (χ3n) is 5.03. The van der Waals surface area contributed by atoms with E-state index in [4.69, 9.17) is 20.8 Å². The lowest BCUT2D eigenvalue weighted by molar-refractivity contribution is -0.118. The Balaban J connectivity index is 1.52. The van der Waals surface area contributed by atoms with Gasteiger partial charge in [0.15, 0.2) is 12.2 Å². The van der Waals surface area contributed by atoms with Crippen molar-refractivity contribution in [3.05, 3.63) is 76.3 Å². The Morgan fingerprint density at radius 3 is 2.57 bits per heavy atom. The zero-order valence-corrected chi connectivity index (χ0v) is 17.7. The average Bonchev–Trinajstić information content (AvgIpc) is 3.12. The fourth-order valence-corrected chi connectivity index (χ4v) is 3.29. The second-order valence-corrected chi connectivity index (χ2v) is 7.63. The predicted octanol–water partition coefficient (Wildman–Crippen LogP) is 6.09. The van der Waals surface area contributed by atoms with Crippen LogP contribution in [0.5, 0.6) is 5.75 Å². The number of aromatic nitrogens is 1. The van der Waals surface area contributed by atoms with Crippen LogP contribution < -0.4 is 10.1 Å². The summed E-state index contributed by atoms with van der Waals surface area (Å²) in [7, 11) is 0. The number of benzene rings is 3. The van der Waals surface area contributed by atoms with Gasteiger partial charge in [0.1, 0.15) is 11.3 Å². The first-order chi connectivity index (χ1) is 14.4. The fourth-order valence-electron chi connectivity index (χ4n) is 3.16. The Hall–Kier alpha value is -3.31. The summed E-state index contributed by atoms with van der Waals surface area (Å²) in [6.45, 7) is 5.92. The molecule has 3 aromatic carbocycles. The average molecular weight is 421 g/mol. The number of hydrogen-bond donors (Lipinski definition) is 1. The van der Waals surface area contributed by atoms with Crippen LogP contribution in [-0.2, 0) is 4.79 Å². The number of amides is 1.